The number of carboxylic acid groups (broad SMARTS) is 1. The molecule has 1 saturated carbocycles. The number of likely N-dealkylation sites (N-methyl/N-ethyl adjacent to an activating group) is 1. The van der Waals surface area contributed by atoms with Gasteiger partial charge in [-0.3, -0.25) is 4.79 Å². The average molecular weight is 297 g/mol. The van der Waals surface area contributed by atoms with Crippen molar-refractivity contribution in [2.24, 2.45) is 5.41 Å². The van der Waals surface area contributed by atoms with Crippen molar-refractivity contribution in [1.29, 1.82) is 0 Å². The number of amides is 2. The lowest BCUT2D eigenvalue weighted by Gasteiger charge is -2.24. The van der Waals surface area contributed by atoms with Crippen LogP contribution in [0, 0.1) is 5.41 Å². The molecule has 120 valence electrons. The molecule has 2 amide bonds. The minimum Gasteiger partial charge on any atom is -0.481 e. The van der Waals surface area contributed by atoms with Gasteiger partial charge in [-0.05, 0) is 32.7 Å². The summed E-state index contributed by atoms with van der Waals surface area (Å²) < 4.78 is 0. The zero-order valence-electron chi connectivity index (χ0n) is 13.1. The molecule has 6 heteroatoms. The molecule has 0 spiro atoms. The fourth-order valence-electron chi connectivity index (χ4n) is 3.16. The van der Waals surface area contributed by atoms with Crippen LogP contribution >= 0.6 is 0 Å². The minimum atomic E-state index is -0.770. The van der Waals surface area contributed by atoms with E-state index in [1.807, 2.05) is 6.92 Å². The van der Waals surface area contributed by atoms with E-state index < -0.39 is 11.4 Å². The number of likely N-dealkylation sites (tertiary alicyclic amines) is 1. The van der Waals surface area contributed by atoms with Gasteiger partial charge in [-0.15, -0.1) is 0 Å². The van der Waals surface area contributed by atoms with Crippen LogP contribution in [0.5, 0.6) is 0 Å². The van der Waals surface area contributed by atoms with Crippen LogP contribution in [0.25, 0.3) is 0 Å². The third-order valence-electron chi connectivity index (χ3n) is 4.73. The lowest BCUT2D eigenvalue weighted by Crippen LogP contribution is -2.43. The van der Waals surface area contributed by atoms with E-state index in [1.165, 1.54) is 12.8 Å². The SMILES string of the molecule is CCCC1(C(=O)O)CCN(C(=O)NCCN(C)C2CC2)C1. The van der Waals surface area contributed by atoms with Crippen LogP contribution < -0.4 is 5.32 Å². The Labute approximate surface area is 126 Å². The highest BCUT2D eigenvalue weighted by molar-refractivity contribution is 5.79. The first-order valence-corrected chi connectivity index (χ1v) is 7.95. The molecule has 1 atom stereocenters. The quantitative estimate of drug-likeness (QED) is 0.744. The number of urea groups is 1. The summed E-state index contributed by atoms with van der Waals surface area (Å²) in [4.78, 5) is 27.6. The molecule has 6 nitrogen and oxygen atoms in total. The number of rotatable bonds is 7. The van der Waals surface area contributed by atoms with E-state index in [0.717, 1.165) is 13.0 Å². The molecule has 1 aliphatic carbocycles. The molecule has 0 aromatic heterocycles. The number of carboxylic acids is 1. The Morgan fingerprint density at radius 1 is 1.43 bits per heavy atom. The molecule has 1 aliphatic heterocycles. The van der Waals surface area contributed by atoms with Crippen molar-refractivity contribution in [1.82, 2.24) is 15.1 Å². The first-order valence-electron chi connectivity index (χ1n) is 7.95. The van der Waals surface area contributed by atoms with Crippen LogP contribution in [0.15, 0.2) is 0 Å². The van der Waals surface area contributed by atoms with Gasteiger partial charge >= 0.3 is 12.0 Å². The van der Waals surface area contributed by atoms with E-state index in [2.05, 4.69) is 17.3 Å². The van der Waals surface area contributed by atoms with E-state index in [9.17, 15) is 14.7 Å². The summed E-state index contributed by atoms with van der Waals surface area (Å²) in [5.41, 5.74) is -0.739. The molecular formula is C15H27N3O3. The topological polar surface area (TPSA) is 72.9 Å². The summed E-state index contributed by atoms with van der Waals surface area (Å²) in [6.45, 7) is 4.33. The summed E-state index contributed by atoms with van der Waals surface area (Å²) in [6, 6.07) is 0.566. The highest BCUT2D eigenvalue weighted by atomic mass is 16.4. The number of nitrogens with one attached hydrogen (secondary N) is 1. The number of hydrogen-bond acceptors (Lipinski definition) is 3. The van der Waals surface area contributed by atoms with Crippen molar-refractivity contribution in [3.8, 4) is 0 Å². The van der Waals surface area contributed by atoms with Gasteiger partial charge in [0.05, 0.1) is 5.41 Å². The van der Waals surface area contributed by atoms with Gasteiger partial charge in [0, 0.05) is 32.2 Å². The third kappa shape index (κ3) is 3.87. The number of aliphatic carboxylic acids is 1. The van der Waals surface area contributed by atoms with Gasteiger partial charge in [0.1, 0.15) is 0 Å². The molecule has 21 heavy (non-hydrogen) atoms. The summed E-state index contributed by atoms with van der Waals surface area (Å²) >= 11 is 0. The number of nitrogens with zero attached hydrogens (tertiary/aromatic N) is 2. The maximum Gasteiger partial charge on any atom is 0.317 e. The summed E-state index contributed by atoms with van der Waals surface area (Å²) in [5.74, 6) is -0.770. The van der Waals surface area contributed by atoms with Crippen LogP contribution in [0.3, 0.4) is 0 Å². The summed E-state index contributed by atoms with van der Waals surface area (Å²) in [7, 11) is 2.08. The standard InChI is InChI=1S/C15H27N3O3/c1-3-6-15(13(19)20)7-9-18(11-15)14(21)16-8-10-17(2)12-4-5-12/h12H,3-11H2,1-2H3,(H,16,21)(H,19,20). The fraction of sp³-hybridized carbons (Fsp3) is 0.867. The van der Waals surface area contributed by atoms with Crippen molar-refractivity contribution in [3.63, 3.8) is 0 Å². The molecule has 1 saturated heterocycles. The lowest BCUT2D eigenvalue weighted by atomic mass is 9.83. The van der Waals surface area contributed by atoms with Gasteiger partial charge < -0.3 is 20.2 Å². The van der Waals surface area contributed by atoms with Gasteiger partial charge in [-0.25, -0.2) is 4.79 Å². The molecule has 1 unspecified atom stereocenters. The van der Waals surface area contributed by atoms with Gasteiger partial charge in [-0.2, -0.15) is 0 Å². The maximum atomic E-state index is 12.1. The number of hydrogen-bond donors (Lipinski definition) is 2. The zero-order chi connectivity index (χ0) is 15.5. The highest BCUT2D eigenvalue weighted by Crippen LogP contribution is 2.35. The molecule has 2 fully saturated rings. The molecule has 2 aliphatic rings. The molecule has 0 aromatic carbocycles. The van der Waals surface area contributed by atoms with Crippen molar-refractivity contribution in [3.05, 3.63) is 0 Å². The van der Waals surface area contributed by atoms with Crippen molar-refractivity contribution in [2.75, 3.05) is 33.2 Å². The normalized spacial score (nSPS) is 25.4. The van der Waals surface area contributed by atoms with Crippen LogP contribution in [-0.2, 0) is 4.79 Å². The smallest absolute Gasteiger partial charge is 0.317 e. The summed E-state index contributed by atoms with van der Waals surface area (Å²) in [6.07, 6.45) is 4.54. The third-order valence-corrected chi connectivity index (χ3v) is 4.73. The molecule has 0 radical (unpaired) electrons. The molecule has 0 bridgehead atoms. The average Bonchev–Trinajstić information content (AvgIpc) is 3.20. The Morgan fingerprint density at radius 3 is 2.71 bits per heavy atom. The Bertz CT molecular complexity index is 398. The van der Waals surface area contributed by atoms with Gasteiger partial charge in [0.15, 0.2) is 0 Å². The van der Waals surface area contributed by atoms with E-state index in [1.54, 1.807) is 4.90 Å². The van der Waals surface area contributed by atoms with E-state index in [4.69, 9.17) is 0 Å². The highest BCUT2D eigenvalue weighted by Gasteiger charge is 2.45. The van der Waals surface area contributed by atoms with Crippen LogP contribution in [-0.4, -0.2) is 66.2 Å². The van der Waals surface area contributed by atoms with Crippen molar-refractivity contribution < 1.29 is 14.7 Å². The molecular weight excluding hydrogens is 270 g/mol. The first kappa shape index (κ1) is 16.1. The predicted molar refractivity (Wildman–Crippen MR) is 80.2 cm³/mol. The zero-order valence-corrected chi connectivity index (χ0v) is 13.1. The van der Waals surface area contributed by atoms with E-state index >= 15 is 0 Å². The van der Waals surface area contributed by atoms with Gasteiger partial charge in [0.25, 0.3) is 0 Å². The predicted octanol–water partition coefficient (Wildman–Crippen LogP) is 1.37. The van der Waals surface area contributed by atoms with Crippen LogP contribution in [0.2, 0.25) is 0 Å². The van der Waals surface area contributed by atoms with E-state index in [-0.39, 0.29) is 6.03 Å². The molecule has 0 aromatic rings. The summed E-state index contributed by atoms with van der Waals surface area (Å²) in [5, 5.41) is 12.4. The Morgan fingerprint density at radius 2 is 2.14 bits per heavy atom. The lowest BCUT2D eigenvalue weighted by molar-refractivity contribution is -0.148. The van der Waals surface area contributed by atoms with Crippen LogP contribution in [0.1, 0.15) is 39.0 Å². The molecule has 1 heterocycles. The van der Waals surface area contributed by atoms with Crippen molar-refractivity contribution >= 4 is 12.0 Å². The van der Waals surface area contributed by atoms with E-state index in [0.29, 0.717) is 38.5 Å². The second-order valence-corrected chi connectivity index (χ2v) is 6.45. The minimum absolute atomic E-state index is 0.126. The molecule has 2 N–H and O–H groups in total. The maximum absolute atomic E-state index is 12.1. The van der Waals surface area contributed by atoms with Gasteiger partial charge in [-0.1, -0.05) is 13.3 Å². The Hall–Kier alpha value is -1.30. The monoisotopic (exact) mass is 297 g/mol. The van der Waals surface area contributed by atoms with Crippen molar-refractivity contribution in [2.45, 2.75) is 45.1 Å². The number of carbonyl (C=O) groups excluding carboxylic acids is 1. The second-order valence-electron chi connectivity index (χ2n) is 6.45. The second kappa shape index (κ2) is 6.64. The molecule has 2 rings (SSSR count). The fourth-order valence-corrected chi connectivity index (χ4v) is 3.16. The Balaban J connectivity index is 1.76. The van der Waals surface area contributed by atoms with Crippen LogP contribution in [0.4, 0.5) is 4.79 Å². The first-order chi connectivity index (χ1) is 9.98. The number of carbonyl (C=O) groups is 2. The largest absolute Gasteiger partial charge is 0.481 e. The Kier molecular flexibility index (Phi) is 5.08. The van der Waals surface area contributed by atoms with Gasteiger partial charge in [0.2, 0.25) is 0 Å².